The maximum Gasteiger partial charge on any atom is 0.303 e. The van der Waals surface area contributed by atoms with E-state index in [1.165, 1.54) is 0 Å². The molecule has 0 unspecified atom stereocenters. The van der Waals surface area contributed by atoms with Gasteiger partial charge >= 0.3 is 5.97 Å². The minimum absolute atomic E-state index is 0.244. The summed E-state index contributed by atoms with van der Waals surface area (Å²) in [6.07, 6.45) is 4.30. The predicted molar refractivity (Wildman–Crippen MR) is 76.4 cm³/mol. The summed E-state index contributed by atoms with van der Waals surface area (Å²) in [4.78, 5) is 27.1. The fourth-order valence-corrected chi connectivity index (χ4v) is 3.14. The number of carboxylic acids is 1. The van der Waals surface area contributed by atoms with Crippen LogP contribution in [0.15, 0.2) is 0 Å². The number of carboxylic acid groups (broad SMARTS) is 1. The molecule has 0 spiro atoms. The van der Waals surface area contributed by atoms with Gasteiger partial charge in [-0.15, -0.1) is 0 Å². The van der Waals surface area contributed by atoms with Gasteiger partial charge in [0.05, 0.1) is 6.54 Å². The molecule has 5 nitrogen and oxygen atoms in total. The predicted octanol–water partition coefficient (Wildman–Crippen LogP) is 1.43. The Morgan fingerprint density at radius 2 is 1.65 bits per heavy atom. The molecule has 0 radical (unpaired) electrons. The summed E-state index contributed by atoms with van der Waals surface area (Å²) in [7, 11) is 0. The van der Waals surface area contributed by atoms with Gasteiger partial charge in [-0.1, -0.05) is 6.92 Å². The Kier molecular flexibility index (Phi) is 5.40. The lowest BCUT2D eigenvalue weighted by molar-refractivity contribution is -0.139. The molecular formula is C15H26N2O3. The standard InChI is InChI=1S/C15H26N2O3/c1-12-2-8-17(9-3-12)14(18)11-16-6-4-13(5-7-16)10-15(19)20/h12-13H,2-11H2,1H3,(H,19,20). The molecule has 0 aromatic heterocycles. The van der Waals surface area contributed by atoms with Crippen molar-refractivity contribution < 1.29 is 14.7 Å². The van der Waals surface area contributed by atoms with E-state index in [0.717, 1.165) is 57.8 Å². The first kappa shape index (κ1) is 15.3. The van der Waals surface area contributed by atoms with Gasteiger partial charge in [0.2, 0.25) is 5.91 Å². The number of hydrogen-bond donors (Lipinski definition) is 1. The molecule has 2 aliphatic rings. The number of carbonyl (C=O) groups is 2. The third-order valence-electron chi connectivity index (χ3n) is 4.67. The molecule has 0 saturated carbocycles. The Bertz CT molecular complexity index is 343. The van der Waals surface area contributed by atoms with E-state index in [1.807, 2.05) is 4.90 Å². The zero-order valence-corrected chi connectivity index (χ0v) is 12.4. The second-order valence-corrected chi connectivity index (χ2v) is 6.38. The monoisotopic (exact) mass is 282 g/mol. The number of likely N-dealkylation sites (tertiary alicyclic amines) is 2. The fraction of sp³-hybridized carbons (Fsp3) is 0.867. The molecule has 1 N–H and O–H groups in total. The largest absolute Gasteiger partial charge is 0.481 e. The maximum atomic E-state index is 12.2. The minimum atomic E-state index is -0.707. The van der Waals surface area contributed by atoms with Gasteiger partial charge < -0.3 is 10.0 Å². The van der Waals surface area contributed by atoms with E-state index in [4.69, 9.17) is 5.11 Å². The van der Waals surface area contributed by atoms with Crippen LogP contribution in [-0.4, -0.2) is 59.5 Å². The summed E-state index contributed by atoms with van der Waals surface area (Å²) in [5, 5.41) is 8.79. The first-order chi connectivity index (χ1) is 9.54. The van der Waals surface area contributed by atoms with Gasteiger partial charge in [0.15, 0.2) is 0 Å². The fourth-order valence-electron chi connectivity index (χ4n) is 3.14. The van der Waals surface area contributed by atoms with Crippen LogP contribution in [0.2, 0.25) is 0 Å². The lowest BCUT2D eigenvalue weighted by Crippen LogP contribution is -2.46. The topological polar surface area (TPSA) is 60.9 Å². The van der Waals surface area contributed by atoms with E-state index in [-0.39, 0.29) is 18.2 Å². The minimum Gasteiger partial charge on any atom is -0.481 e. The lowest BCUT2D eigenvalue weighted by atomic mass is 9.93. The van der Waals surface area contributed by atoms with Crippen molar-refractivity contribution in [3.63, 3.8) is 0 Å². The molecule has 20 heavy (non-hydrogen) atoms. The second-order valence-electron chi connectivity index (χ2n) is 6.38. The maximum absolute atomic E-state index is 12.2. The van der Waals surface area contributed by atoms with Crippen LogP contribution in [-0.2, 0) is 9.59 Å². The smallest absolute Gasteiger partial charge is 0.303 e. The van der Waals surface area contributed by atoms with E-state index in [1.54, 1.807) is 0 Å². The van der Waals surface area contributed by atoms with Crippen LogP contribution in [0, 0.1) is 11.8 Å². The van der Waals surface area contributed by atoms with E-state index in [2.05, 4.69) is 11.8 Å². The summed E-state index contributed by atoms with van der Waals surface area (Å²) >= 11 is 0. The van der Waals surface area contributed by atoms with Gasteiger partial charge in [-0.3, -0.25) is 14.5 Å². The average molecular weight is 282 g/mol. The SMILES string of the molecule is CC1CCN(C(=O)CN2CCC(CC(=O)O)CC2)CC1. The number of aliphatic carboxylic acids is 1. The van der Waals surface area contributed by atoms with Crippen LogP contribution in [0.1, 0.15) is 39.0 Å². The van der Waals surface area contributed by atoms with E-state index >= 15 is 0 Å². The molecule has 114 valence electrons. The molecule has 0 aliphatic carbocycles. The highest BCUT2D eigenvalue weighted by Gasteiger charge is 2.25. The summed E-state index contributed by atoms with van der Waals surface area (Å²) in [5.41, 5.74) is 0. The van der Waals surface area contributed by atoms with E-state index in [0.29, 0.717) is 6.54 Å². The van der Waals surface area contributed by atoms with Crippen LogP contribution in [0.3, 0.4) is 0 Å². The van der Waals surface area contributed by atoms with Crippen molar-refractivity contribution in [2.24, 2.45) is 11.8 Å². The number of hydrogen-bond acceptors (Lipinski definition) is 3. The Balaban J connectivity index is 1.69. The molecule has 0 aromatic carbocycles. The van der Waals surface area contributed by atoms with Gasteiger partial charge in [-0.2, -0.15) is 0 Å². The molecule has 2 saturated heterocycles. The highest BCUT2D eigenvalue weighted by Crippen LogP contribution is 2.21. The Morgan fingerprint density at radius 1 is 1.05 bits per heavy atom. The van der Waals surface area contributed by atoms with Gasteiger partial charge in [-0.25, -0.2) is 0 Å². The van der Waals surface area contributed by atoms with Crippen molar-refractivity contribution in [2.75, 3.05) is 32.7 Å². The third-order valence-corrected chi connectivity index (χ3v) is 4.67. The first-order valence-electron chi connectivity index (χ1n) is 7.76. The van der Waals surface area contributed by atoms with E-state index < -0.39 is 5.97 Å². The molecular weight excluding hydrogens is 256 g/mol. The molecule has 0 bridgehead atoms. The summed E-state index contributed by atoms with van der Waals surface area (Å²) < 4.78 is 0. The molecule has 0 atom stereocenters. The number of rotatable bonds is 4. The highest BCUT2D eigenvalue weighted by molar-refractivity contribution is 5.78. The normalized spacial score (nSPS) is 22.9. The molecule has 2 fully saturated rings. The molecule has 5 heteroatoms. The van der Waals surface area contributed by atoms with Gasteiger partial charge in [-0.05, 0) is 50.6 Å². The number of nitrogens with zero attached hydrogens (tertiary/aromatic N) is 2. The molecule has 0 aromatic rings. The highest BCUT2D eigenvalue weighted by atomic mass is 16.4. The lowest BCUT2D eigenvalue weighted by Gasteiger charge is -2.35. The molecule has 2 heterocycles. The van der Waals surface area contributed by atoms with Crippen LogP contribution >= 0.6 is 0 Å². The third kappa shape index (κ3) is 4.47. The van der Waals surface area contributed by atoms with Gasteiger partial charge in [0, 0.05) is 19.5 Å². The number of piperidine rings is 2. The van der Waals surface area contributed by atoms with Crippen LogP contribution in [0.25, 0.3) is 0 Å². The molecule has 2 rings (SSSR count). The molecule has 2 aliphatic heterocycles. The van der Waals surface area contributed by atoms with Crippen molar-refractivity contribution in [3.8, 4) is 0 Å². The van der Waals surface area contributed by atoms with Crippen molar-refractivity contribution in [3.05, 3.63) is 0 Å². The Hall–Kier alpha value is -1.10. The average Bonchev–Trinajstić information content (AvgIpc) is 2.41. The van der Waals surface area contributed by atoms with Crippen LogP contribution in [0.4, 0.5) is 0 Å². The van der Waals surface area contributed by atoms with Crippen LogP contribution in [0.5, 0.6) is 0 Å². The first-order valence-corrected chi connectivity index (χ1v) is 7.76. The summed E-state index contributed by atoms with van der Waals surface area (Å²) in [5.74, 6) is 0.566. The quantitative estimate of drug-likeness (QED) is 0.847. The molecule has 1 amide bonds. The van der Waals surface area contributed by atoms with Crippen LogP contribution < -0.4 is 0 Å². The Morgan fingerprint density at radius 3 is 2.20 bits per heavy atom. The zero-order valence-electron chi connectivity index (χ0n) is 12.4. The summed E-state index contributed by atoms with van der Waals surface area (Å²) in [6.45, 7) is 6.26. The van der Waals surface area contributed by atoms with Crippen molar-refractivity contribution >= 4 is 11.9 Å². The summed E-state index contributed by atoms with van der Waals surface area (Å²) in [6, 6.07) is 0. The van der Waals surface area contributed by atoms with E-state index in [9.17, 15) is 9.59 Å². The van der Waals surface area contributed by atoms with Gasteiger partial charge in [0.25, 0.3) is 0 Å². The van der Waals surface area contributed by atoms with Crippen molar-refractivity contribution in [1.29, 1.82) is 0 Å². The number of carbonyl (C=O) groups excluding carboxylic acids is 1. The zero-order chi connectivity index (χ0) is 14.5. The van der Waals surface area contributed by atoms with Crippen molar-refractivity contribution in [1.82, 2.24) is 9.80 Å². The number of amides is 1. The Labute approximate surface area is 120 Å². The van der Waals surface area contributed by atoms with Gasteiger partial charge in [0.1, 0.15) is 0 Å². The van der Waals surface area contributed by atoms with Crippen molar-refractivity contribution in [2.45, 2.75) is 39.0 Å². The second kappa shape index (κ2) is 7.07.